The van der Waals surface area contributed by atoms with Crippen LogP contribution in [-0.4, -0.2) is 15.9 Å². The molecule has 0 aliphatic heterocycles. The van der Waals surface area contributed by atoms with Crippen molar-refractivity contribution in [2.75, 3.05) is 0 Å². The Labute approximate surface area is 267 Å². The summed E-state index contributed by atoms with van der Waals surface area (Å²) in [5.74, 6) is 0. The van der Waals surface area contributed by atoms with E-state index in [0.717, 1.165) is 0 Å². The fourth-order valence-electron chi connectivity index (χ4n) is 6.80. The molecule has 0 spiro atoms. The first-order chi connectivity index (χ1) is 22.4. The number of aromatic nitrogens is 1. The van der Waals surface area contributed by atoms with Crippen molar-refractivity contribution in [1.29, 1.82) is 0 Å². The Balaban J connectivity index is 1.48. The van der Waals surface area contributed by atoms with Crippen molar-refractivity contribution in [3.63, 3.8) is 0 Å². The van der Waals surface area contributed by atoms with Gasteiger partial charge in [0.1, 0.15) is 0 Å². The smallest absolute Gasteiger partial charge is 0.0540 e. The number of hydrogen-bond donors (Lipinski definition) is 0. The maximum atomic E-state index is 2.66. The van der Waals surface area contributed by atoms with E-state index in [4.69, 9.17) is 0 Å². The molecule has 0 saturated heterocycles. The number of rotatable bonds is 7. The van der Waals surface area contributed by atoms with Crippen LogP contribution in [0.3, 0.4) is 0 Å². The standard InChI is InChI=1S/C42H33NP2/c1-6-18-32(19-7-1)43-39-29-17-16-28-37(39)38-30-41(44(33-20-8-2-9-21-33)34-22-10-3-11-23-34)42(31-40(38)43)45(35-24-12-4-13-25-35)36-26-14-5-15-27-36/h1-31,41-42H. The molecule has 6 aromatic carbocycles. The van der Waals surface area contributed by atoms with Crippen molar-refractivity contribution in [1.82, 2.24) is 4.57 Å². The maximum absolute atomic E-state index is 2.66. The lowest BCUT2D eigenvalue weighted by molar-refractivity contribution is 1.03. The number of hydrogen-bond acceptors (Lipinski definition) is 0. The maximum Gasteiger partial charge on any atom is 0.0540 e. The molecule has 0 radical (unpaired) electrons. The molecule has 0 bridgehead atoms. The van der Waals surface area contributed by atoms with Gasteiger partial charge in [-0.25, -0.2) is 0 Å². The average molecular weight is 614 g/mol. The lowest BCUT2D eigenvalue weighted by Gasteiger charge is -2.38. The van der Waals surface area contributed by atoms with E-state index in [0.29, 0.717) is 5.66 Å². The van der Waals surface area contributed by atoms with Crippen molar-refractivity contribution in [2.24, 2.45) is 0 Å². The zero-order chi connectivity index (χ0) is 30.0. The van der Waals surface area contributed by atoms with Gasteiger partial charge in [-0.15, -0.1) is 0 Å². The van der Waals surface area contributed by atoms with Crippen LogP contribution < -0.4 is 31.8 Å². The molecule has 1 aromatic heterocycles. The molecule has 2 unspecified atom stereocenters. The van der Waals surface area contributed by atoms with Crippen LogP contribution in [0.4, 0.5) is 0 Å². The van der Waals surface area contributed by atoms with Crippen molar-refractivity contribution < 1.29 is 0 Å². The summed E-state index contributed by atoms with van der Waals surface area (Å²) in [4.78, 5) is 0. The molecule has 7 aromatic rings. The lowest BCUT2D eigenvalue weighted by atomic mass is 10.1. The topological polar surface area (TPSA) is 4.93 Å². The SMILES string of the molecule is C1=c2c(n(-c3ccccc3)c3ccccc23)=CC(P(c2ccccc2)c2ccccc2)C1P(c1ccccc1)c1ccccc1. The molecule has 1 heterocycles. The van der Waals surface area contributed by atoms with Gasteiger partial charge in [0.15, 0.2) is 0 Å². The highest BCUT2D eigenvalue weighted by Gasteiger charge is 2.37. The Hall–Kier alpha value is -4.54. The summed E-state index contributed by atoms with van der Waals surface area (Å²) in [6.45, 7) is 0. The second kappa shape index (κ2) is 12.5. The summed E-state index contributed by atoms with van der Waals surface area (Å²) in [7, 11) is -1.47. The van der Waals surface area contributed by atoms with E-state index >= 15 is 0 Å². The van der Waals surface area contributed by atoms with Gasteiger partial charge in [-0.2, -0.15) is 0 Å². The lowest BCUT2D eigenvalue weighted by Crippen LogP contribution is -2.42. The molecule has 8 rings (SSSR count). The van der Waals surface area contributed by atoms with E-state index in [-0.39, 0.29) is 5.66 Å². The first kappa shape index (κ1) is 28.0. The molecule has 45 heavy (non-hydrogen) atoms. The van der Waals surface area contributed by atoms with Crippen LogP contribution in [0, 0.1) is 0 Å². The van der Waals surface area contributed by atoms with Gasteiger partial charge in [-0.1, -0.05) is 170 Å². The number of fused-ring (bicyclic) bond motifs is 3. The summed E-state index contributed by atoms with van der Waals surface area (Å²) < 4.78 is 2.49. The number of nitrogens with zero attached hydrogens (tertiary/aromatic N) is 1. The third kappa shape index (κ3) is 5.27. The van der Waals surface area contributed by atoms with Gasteiger partial charge in [-0.3, -0.25) is 0 Å². The van der Waals surface area contributed by atoms with Crippen LogP contribution in [-0.2, 0) is 0 Å². The van der Waals surface area contributed by atoms with Crippen LogP contribution in [0.1, 0.15) is 0 Å². The van der Waals surface area contributed by atoms with Gasteiger partial charge in [0.05, 0.1) is 10.9 Å². The van der Waals surface area contributed by atoms with E-state index < -0.39 is 15.8 Å². The van der Waals surface area contributed by atoms with Gasteiger partial charge in [0.2, 0.25) is 0 Å². The second-order valence-electron chi connectivity index (χ2n) is 11.4. The van der Waals surface area contributed by atoms with Gasteiger partial charge < -0.3 is 4.57 Å². The summed E-state index contributed by atoms with van der Waals surface area (Å²) in [6, 6.07) is 64.8. The Morgan fingerprint density at radius 2 is 0.756 bits per heavy atom. The summed E-state index contributed by atoms with van der Waals surface area (Å²) in [6.07, 6.45) is 5.31. The van der Waals surface area contributed by atoms with E-state index in [1.54, 1.807) is 0 Å². The second-order valence-corrected chi connectivity index (χ2v) is 16.1. The quantitative estimate of drug-likeness (QED) is 0.168. The molecule has 3 heteroatoms. The van der Waals surface area contributed by atoms with Crippen LogP contribution in [0.5, 0.6) is 0 Å². The molecule has 0 saturated carbocycles. The normalized spacial score (nSPS) is 15.9. The first-order valence-corrected chi connectivity index (χ1v) is 18.4. The van der Waals surface area contributed by atoms with Gasteiger partial charge in [0.25, 0.3) is 0 Å². The summed E-state index contributed by atoms with van der Waals surface area (Å²) in [5, 5.41) is 9.65. The van der Waals surface area contributed by atoms with Gasteiger partial charge in [0, 0.05) is 27.6 Å². The molecule has 216 valence electrons. The highest BCUT2D eigenvalue weighted by Crippen LogP contribution is 2.53. The molecular formula is C42H33NP2. The molecule has 0 amide bonds. The van der Waals surface area contributed by atoms with Gasteiger partial charge in [-0.05, 0) is 55.3 Å². The van der Waals surface area contributed by atoms with E-state index in [9.17, 15) is 0 Å². The van der Waals surface area contributed by atoms with Crippen LogP contribution in [0.2, 0.25) is 0 Å². The third-order valence-corrected chi connectivity index (χ3v) is 14.5. The number of benzene rings is 6. The molecule has 0 fully saturated rings. The van der Waals surface area contributed by atoms with Crippen LogP contribution in [0.15, 0.2) is 176 Å². The zero-order valence-electron chi connectivity index (χ0n) is 24.9. The van der Waals surface area contributed by atoms with Crippen molar-refractivity contribution in [3.05, 3.63) is 186 Å². The monoisotopic (exact) mass is 613 g/mol. The minimum absolute atomic E-state index is 0.274. The highest BCUT2D eigenvalue weighted by molar-refractivity contribution is 7.78. The largest absolute Gasteiger partial charge is 0.310 e. The van der Waals surface area contributed by atoms with Crippen molar-refractivity contribution in [3.8, 4) is 5.69 Å². The van der Waals surface area contributed by atoms with E-state index in [1.165, 1.54) is 48.4 Å². The molecular weight excluding hydrogens is 580 g/mol. The predicted octanol–water partition coefficient (Wildman–Crippen LogP) is 7.21. The molecule has 1 aliphatic rings. The predicted molar refractivity (Wildman–Crippen MR) is 197 cm³/mol. The van der Waals surface area contributed by atoms with Crippen molar-refractivity contribution in [2.45, 2.75) is 11.3 Å². The average Bonchev–Trinajstić information content (AvgIpc) is 3.44. The first-order valence-electron chi connectivity index (χ1n) is 15.5. The van der Waals surface area contributed by atoms with Gasteiger partial charge >= 0.3 is 0 Å². The van der Waals surface area contributed by atoms with Crippen LogP contribution in [0.25, 0.3) is 28.7 Å². The molecule has 0 N–H and O–H groups in total. The summed E-state index contributed by atoms with van der Waals surface area (Å²) in [5.41, 5.74) is 3.02. The van der Waals surface area contributed by atoms with Crippen LogP contribution >= 0.6 is 15.8 Å². The Kier molecular flexibility index (Phi) is 7.74. The number of para-hydroxylation sites is 2. The fraction of sp³-hybridized carbons (Fsp3) is 0.0476. The molecule has 2 atom stereocenters. The zero-order valence-corrected chi connectivity index (χ0v) is 26.7. The minimum Gasteiger partial charge on any atom is -0.310 e. The third-order valence-electron chi connectivity index (χ3n) is 8.72. The van der Waals surface area contributed by atoms with E-state index in [1.807, 2.05) is 0 Å². The highest BCUT2D eigenvalue weighted by atomic mass is 31.1. The Morgan fingerprint density at radius 3 is 1.22 bits per heavy atom. The Morgan fingerprint density at radius 1 is 0.378 bits per heavy atom. The Bertz CT molecular complexity index is 2080. The molecule has 1 aliphatic carbocycles. The molecule has 1 nitrogen and oxygen atoms in total. The minimum atomic E-state index is -0.741. The fourth-order valence-corrected chi connectivity index (χ4v) is 12.9. The van der Waals surface area contributed by atoms with Crippen molar-refractivity contribution >= 4 is 60.1 Å². The summed E-state index contributed by atoms with van der Waals surface area (Å²) >= 11 is 0. The van der Waals surface area contributed by atoms with E-state index in [2.05, 4.69) is 193 Å².